The molecule has 0 unspecified atom stereocenters. The molecular formula is C11H15FN2O. The fraction of sp³-hybridized carbons (Fsp3) is 0.455. The van der Waals surface area contributed by atoms with Crippen molar-refractivity contribution >= 4 is 11.4 Å². The second-order valence-corrected chi connectivity index (χ2v) is 3.87. The van der Waals surface area contributed by atoms with Crippen LogP contribution in [0.2, 0.25) is 0 Å². The van der Waals surface area contributed by atoms with Crippen LogP contribution < -0.4 is 11.1 Å². The standard InChI is InChI=1S/C11H15FN2O/c1-15-8-5-7(6-8)14-10-4-2-3-9(12)11(10)13/h2-4,7-8,14H,5-6,13H2,1H3. The summed E-state index contributed by atoms with van der Waals surface area (Å²) in [6.07, 6.45) is 2.23. The number of anilines is 2. The summed E-state index contributed by atoms with van der Waals surface area (Å²) in [5.74, 6) is -0.373. The summed E-state index contributed by atoms with van der Waals surface area (Å²) in [5, 5.41) is 3.21. The third-order valence-electron chi connectivity index (χ3n) is 2.84. The Hall–Kier alpha value is -1.29. The van der Waals surface area contributed by atoms with E-state index >= 15 is 0 Å². The van der Waals surface area contributed by atoms with E-state index in [2.05, 4.69) is 5.32 Å². The van der Waals surface area contributed by atoms with Crippen molar-refractivity contribution in [2.45, 2.75) is 25.0 Å². The minimum atomic E-state index is -0.373. The van der Waals surface area contributed by atoms with Crippen LogP contribution >= 0.6 is 0 Å². The Morgan fingerprint density at radius 2 is 2.20 bits per heavy atom. The molecule has 1 aromatic rings. The number of hydrogen-bond acceptors (Lipinski definition) is 3. The van der Waals surface area contributed by atoms with Gasteiger partial charge in [-0.2, -0.15) is 0 Å². The molecule has 1 aromatic carbocycles. The van der Waals surface area contributed by atoms with Crippen molar-refractivity contribution in [3.8, 4) is 0 Å². The van der Waals surface area contributed by atoms with E-state index in [-0.39, 0.29) is 11.5 Å². The van der Waals surface area contributed by atoms with Crippen molar-refractivity contribution in [3.05, 3.63) is 24.0 Å². The monoisotopic (exact) mass is 210 g/mol. The van der Waals surface area contributed by atoms with Crippen LogP contribution in [0.15, 0.2) is 18.2 Å². The summed E-state index contributed by atoms with van der Waals surface area (Å²) in [4.78, 5) is 0. The van der Waals surface area contributed by atoms with Gasteiger partial charge in [-0.1, -0.05) is 6.07 Å². The molecule has 0 aliphatic heterocycles. The van der Waals surface area contributed by atoms with E-state index in [1.165, 1.54) is 6.07 Å². The van der Waals surface area contributed by atoms with Gasteiger partial charge in [0.25, 0.3) is 0 Å². The lowest BCUT2D eigenvalue weighted by atomic mass is 9.89. The zero-order valence-electron chi connectivity index (χ0n) is 8.66. The van der Waals surface area contributed by atoms with Gasteiger partial charge >= 0.3 is 0 Å². The average molecular weight is 210 g/mol. The highest BCUT2D eigenvalue weighted by molar-refractivity contribution is 5.67. The molecule has 15 heavy (non-hydrogen) atoms. The number of benzene rings is 1. The molecule has 0 spiro atoms. The van der Waals surface area contributed by atoms with Crippen LogP contribution in [0.3, 0.4) is 0 Å². The van der Waals surface area contributed by atoms with Crippen LogP contribution in [-0.4, -0.2) is 19.3 Å². The molecular weight excluding hydrogens is 195 g/mol. The molecule has 4 heteroatoms. The minimum Gasteiger partial charge on any atom is -0.395 e. The number of hydrogen-bond donors (Lipinski definition) is 2. The second-order valence-electron chi connectivity index (χ2n) is 3.87. The molecule has 1 fully saturated rings. The number of ether oxygens (including phenoxy) is 1. The first kappa shape index (κ1) is 10.2. The molecule has 0 saturated heterocycles. The molecule has 82 valence electrons. The predicted octanol–water partition coefficient (Wildman–Crippen LogP) is 2.00. The fourth-order valence-corrected chi connectivity index (χ4v) is 1.76. The number of nitrogen functional groups attached to an aromatic ring is 1. The molecule has 0 heterocycles. The Morgan fingerprint density at radius 1 is 1.47 bits per heavy atom. The SMILES string of the molecule is COC1CC(Nc2cccc(F)c2N)C1. The Bertz CT molecular complexity index is 350. The van der Waals surface area contributed by atoms with E-state index in [1.54, 1.807) is 19.2 Å². The molecule has 0 aromatic heterocycles. The van der Waals surface area contributed by atoms with E-state index < -0.39 is 0 Å². The largest absolute Gasteiger partial charge is 0.395 e. The summed E-state index contributed by atoms with van der Waals surface area (Å²) in [6.45, 7) is 0. The quantitative estimate of drug-likeness (QED) is 0.750. The molecule has 0 atom stereocenters. The minimum absolute atomic E-state index is 0.193. The van der Waals surface area contributed by atoms with Gasteiger partial charge in [0, 0.05) is 13.2 Å². The van der Waals surface area contributed by atoms with Crippen LogP contribution in [0.4, 0.5) is 15.8 Å². The molecule has 3 nitrogen and oxygen atoms in total. The zero-order chi connectivity index (χ0) is 10.8. The van der Waals surface area contributed by atoms with Crippen molar-refractivity contribution in [2.24, 2.45) is 0 Å². The van der Waals surface area contributed by atoms with Gasteiger partial charge in [-0.25, -0.2) is 4.39 Å². The van der Waals surface area contributed by atoms with Gasteiger partial charge < -0.3 is 15.8 Å². The number of para-hydroxylation sites is 1. The molecule has 0 bridgehead atoms. The van der Waals surface area contributed by atoms with Crippen LogP contribution in [0.1, 0.15) is 12.8 Å². The van der Waals surface area contributed by atoms with Crippen LogP contribution in [0.5, 0.6) is 0 Å². The van der Waals surface area contributed by atoms with Crippen molar-refractivity contribution in [1.29, 1.82) is 0 Å². The number of nitrogens with one attached hydrogen (secondary N) is 1. The van der Waals surface area contributed by atoms with E-state index in [9.17, 15) is 4.39 Å². The Morgan fingerprint density at radius 3 is 2.87 bits per heavy atom. The average Bonchev–Trinajstić information content (AvgIpc) is 2.17. The number of rotatable bonds is 3. The summed E-state index contributed by atoms with van der Waals surface area (Å²) in [6, 6.07) is 5.15. The maximum absolute atomic E-state index is 13.1. The summed E-state index contributed by atoms with van der Waals surface area (Å²) >= 11 is 0. The lowest BCUT2D eigenvalue weighted by molar-refractivity contribution is 0.0329. The van der Waals surface area contributed by atoms with Crippen molar-refractivity contribution < 1.29 is 9.13 Å². The molecule has 1 aliphatic carbocycles. The number of methoxy groups -OCH3 is 1. The van der Waals surface area contributed by atoms with Crippen LogP contribution in [-0.2, 0) is 4.74 Å². The highest BCUT2D eigenvalue weighted by Gasteiger charge is 2.29. The van der Waals surface area contributed by atoms with Gasteiger partial charge in [0.2, 0.25) is 0 Å². The fourth-order valence-electron chi connectivity index (χ4n) is 1.76. The third kappa shape index (κ3) is 2.04. The van der Waals surface area contributed by atoms with Gasteiger partial charge in [-0.05, 0) is 25.0 Å². The first-order valence-electron chi connectivity index (χ1n) is 5.04. The van der Waals surface area contributed by atoms with Crippen molar-refractivity contribution in [3.63, 3.8) is 0 Å². The van der Waals surface area contributed by atoms with Gasteiger partial charge in [-0.3, -0.25) is 0 Å². The van der Waals surface area contributed by atoms with Crippen molar-refractivity contribution in [2.75, 3.05) is 18.2 Å². The lowest BCUT2D eigenvalue weighted by Crippen LogP contribution is -2.40. The van der Waals surface area contributed by atoms with Crippen LogP contribution in [0, 0.1) is 5.82 Å². The normalized spacial score (nSPS) is 24.7. The maximum Gasteiger partial charge on any atom is 0.148 e. The molecule has 1 saturated carbocycles. The third-order valence-corrected chi connectivity index (χ3v) is 2.84. The van der Waals surface area contributed by atoms with E-state index in [4.69, 9.17) is 10.5 Å². The Kier molecular flexibility index (Phi) is 2.77. The second kappa shape index (κ2) is 4.06. The Labute approximate surface area is 88.4 Å². The molecule has 3 N–H and O–H groups in total. The van der Waals surface area contributed by atoms with E-state index in [0.29, 0.717) is 17.8 Å². The first-order chi connectivity index (χ1) is 7.20. The van der Waals surface area contributed by atoms with Gasteiger partial charge in [0.15, 0.2) is 0 Å². The Balaban J connectivity index is 1.97. The topological polar surface area (TPSA) is 47.3 Å². The first-order valence-corrected chi connectivity index (χ1v) is 5.04. The molecule has 0 amide bonds. The predicted molar refractivity (Wildman–Crippen MR) is 58.3 cm³/mol. The maximum atomic E-state index is 13.1. The number of halogens is 1. The smallest absolute Gasteiger partial charge is 0.148 e. The number of nitrogens with two attached hydrogens (primary N) is 1. The highest BCUT2D eigenvalue weighted by Crippen LogP contribution is 2.29. The summed E-state index contributed by atoms with van der Waals surface area (Å²) in [5.41, 5.74) is 6.48. The molecule has 1 aliphatic rings. The molecule has 0 radical (unpaired) electrons. The van der Waals surface area contributed by atoms with Crippen LogP contribution in [0.25, 0.3) is 0 Å². The van der Waals surface area contributed by atoms with Gasteiger partial charge in [0.05, 0.1) is 17.5 Å². The summed E-state index contributed by atoms with van der Waals surface area (Å²) in [7, 11) is 1.71. The highest BCUT2D eigenvalue weighted by atomic mass is 19.1. The van der Waals surface area contributed by atoms with E-state index in [0.717, 1.165) is 12.8 Å². The van der Waals surface area contributed by atoms with Gasteiger partial charge in [0.1, 0.15) is 5.82 Å². The molecule has 2 rings (SSSR count). The van der Waals surface area contributed by atoms with Crippen molar-refractivity contribution in [1.82, 2.24) is 0 Å². The summed E-state index contributed by atoms with van der Waals surface area (Å²) < 4.78 is 18.3. The zero-order valence-corrected chi connectivity index (χ0v) is 8.66. The van der Waals surface area contributed by atoms with Gasteiger partial charge in [-0.15, -0.1) is 0 Å². The lowest BCUT2D eigenvalue weighted by Gasteiger charge is -2.35. The van der Waals surface area contributed by atoms with E-state index in [1.807, 2.05) is 0 Å².